The summed E-state index contributed by atoms with van der Waals surface area (Å²) in [5.41, 5.74) is -0.422. The average Bonchev–Trinajstić information content (AvgIpc) is 2.54. The van der Waals surface area contributed by atoms with Crippen molar-refractivity contribution < 1.29 is 34.0 Å². The standard InChI is InChI=1S/C16H24O7/c1-5-6-7-8-9-23-13-11(17)10(16(18)19)12(20-2)14(21-3)15(13)22-4/h17H,5-9H2,1-4H3,(H,18,19). The number of ether oxygens (including phenoxy) is 4. The summed E-state index contributed by atoms with van der Waals surface area (Å²) in [7, 11) is 4.02. The van der Waals surface area contributed by atoms with Gasteiger partial charge in [-0.1, -0.05) is 26.2 Å². The van der Waals surface area contributed by atoms with Crippen LogP contribution in [0.5, 0.6) is 28.7 Å². The van der Waals surface area contributed by atoms with Gasteiger partial charge in [0.2, 0.25) is 17.2 Å². The van der Waals surface area contributed by atoms with Gasteiger partial charge >= 0.3 is 5.97 Å². The number of methoxy groups -OCH3 is 3. The van der Waals surface area contributed by atoms with Gasteiger partial charge in [0.1, 0.15) is 0 Å². The number of rotatable bonds is 10. The predicted octanol–water partition coefficient (Wildman–Crippen LogP) is 3.08. The van der Waals surface area contributed by atoms with Crippen LogP contribution in [0.25, 0.3) is 0 Å². The number of unbranched alkanes of at least 4 members (excludes halogenated alkanes) is 3. The minimum Gasteiger partial charge on any atom is -0.503 e. The van der Waals surface area contributed by atoms with Gasteiger partial charge in [-0.2, -0.15) is 0 Å². The normalized spacial score (nSPS) is 10.3. The molecule has 23 heavy (non-hydrogen) atoms. The van der Waals surface area contributed by atoms with E-state index < -0.39 is 17.3 Å². The molecule has 0 saturated heterocycles. The Labute approximate surface area is 135 Å². The summed E-state index contributed by atoms with van der Waals surface area (Å²) >= 11 is 0. The van der Waals surface area contributed by atoms with E-state index in [2.05, 4.69) is 6.92 Å². The highest BCUT2D eigenvalue weighted by Gasteiger charge is 2.31. The number of carbonyl (C=O) groups is 1. The van der Waals surface area contributed by atoms with Gasteiger partial charge in [-0.05, 0) is 6.42 Å². The van der Waals surface area contributed by atoms with Crippen molar-refractivity contribution in [3.8, 4) is 28.7 Å². The summed E-state index contributed by atoms with van der Waals surface area (Å²) in [5.74, 6) is -1.90. The summed E-state index contributed by atoms with van der Waals surface area (Å²) in [5, 5.41) is 19.6. The van der Waals surface area contributed by atoms with Crippen LogP contribution >= 0.6 is 0 Å². The summed E-state index contributed by atoms with van der Waals surface area (Å²) in [6.07, 6.45) is 3.94. The minimum absolute atomic E-state index is 0.0564. The molecule has 0 aliphatic carbocycles. The van der Waals surface area contributed by atoms with Gasteiger partial charge in [0, 0.05) is 0 Å². The lowest BCUT2D eigenvalue weighted by atomic mass is 10.1. The van der Waals surface area contributed by atoms with Crippen molar-refractivity contribution in [2.24, 2.45) is 0 Å². The Morgan fingerprint density at radius 3 is 1.96 bits per heavy atom. The van der Waals surface area contributed by atoms with Crippen LogP contribution in [-0.2, 0) is 0 Å². The number of phenols is 1. The molecule has 0 aromatic heterocycles. The smallest absolute Gasteiger partial charge is 0.343 e. The molecule has 0 unspecified atom stereocenters. The summed E-state index contributed by atoms with van der Waals surface area (Å²) in [6.45, 7) is 2.43. The van der Waals surface area contributed by atoms with Crippen LogP contribution in [0.3, 0.4) is 0 Å². The van der Waals surface area contributed by atoms with Crippen LogP contribution in [-0.4, -0.2) is 44.1 Å². The molecule has 0 atom stereocenters. The Bertz CT molecular complexity index is 540. The van der Waals surface area contributed by atoms with E-state index in [1.54, 1.807) is 0 Å². The van der Waals surface area contributed by atoms with Crippen LogP contribution in [0.1, 0.15) is 43.0 Å². The quantitative estimate of drug-likeness (QED) is 0.637. The number of aromatic hydroxyl groups is 1. The molecule has 0 aliphatic rings. The Morgan fingerprint density at radius 2 is 1.48 bits per heavy atom. The Morgan fingerprint density at radius 1 is 0.913 bits per heavy atom. The number of hydrogen-bond donors (Lipinski definition) is 2. The van der Waals surface area contributed by atoms with Crippen molar-refractivity contribution in [3.05, 3.63) is 5.56 Å². The van der Waals surface area contributed by atoms with Gasteiger partial charge in [-0.25, -0.2) is 4.79 Å². The van der Waals surface area contributed by atoms with Gasteiger partial charge in [0.15, 0.2) is 17.1 Å². The summed E-state index contributed by atoms with van der Waals surface area (Å²) < 4.78 is 21.0. The first-order chi connectivity index (χ1) is 11.0. The molecule has 0 saturated carbocycles. The van der Waals surface area contributed by atoms with Gasteiger partial charge in [0.25, 0.3) is 0 Å². The minimum atomic E-state index is -1.35. The fraction of sp³-hybridized carbons (Fsp3) is 0.562. The first kappa shape index (κ1) is 18.7. The number of benzene rings is 1. The summed E-state index contributed by atoms with van der Waals surface area (Å²) in [4.78, 5) is 11.4. The lowest BCUT2D eigenvalue weighted by Crippen LogP contribution is -2.08. The van der Waals surface area contributed by atoms with Crippen molar-refractivity contribution in [2.45, 2.75) is 32.6 Å². The van der Waals surface area contributed by atoms with E-state index in [1.165, 1.54) is 21.3 Å². The molecule has 0 heterocycles. The Balaban J connectivity index is 3.26. The first-order valence-corrected chi connectivity index (χ1v) is 7.44. The van der Waals surface area contributed by atoms with Crippen LogP contribution < -0.4 is 18.9 Å². The Kier molecular flexibility index (Phi) is 7.31. The van der Waals surface area contributed by atoms with Gasteiger partial charge in [-0.15, -0.1) is 0 Å². The van der Waals surface area contributed by atoms with Crippen molar-refractivity contribution >= 4 is 5.97 Å². The second-order valence-electron chi connectivity index (χ2n) is 4.87. The van der Waals surface area contributed by atoms with Crippen molar-refractivity contribution in [2.75, 3.05) is 27.9 Å². The maximum Gasteiger partial charge on any atom is 0.343 e. The molecular weight excluding hydrogens is 304 g/mol. The molecule has 130 valence electrons. The van der Waals surface area contributed by atoms with E-state index in [0.29, 0.717) is 6.61 Å². The SMILES string of the molecule is CCCCCCOc1c(O)c(C(=O)O)c(OC)c(OC)c1OC. The van der Waals surface area contributed by atoms with Crippen molar-refractivity contribution in [3.63, 3.8) is 0 Å². The molecule has 0 spiro atoms. The molecule has 0 aliphatic heterocycles. The lowest BCUT2D eigenvalue weighted by Gasteiger charge is -2.19. The molecule has 0 amide bonds. The van der Waals surface area contributed by atoms with E-state index in [1.807, 2.05) is 0 Å². The van der Waals surface area contributed by atoms with E-state index in [9.17, 15) is 15.0 Å². The van der Waals surface area contributed by atoms with E-state index >= 15 is 0 Å². The van der Waals surface area contributed by atoms with E-state index in [-0.39, 0.29) is 23.0 Å². The van der Waals surface area contributed by atoms with Crippen LogP contribution in [0.15, 0.2) is 0 Å². The van der Waals surface area contributed by atoms with Crippen molar-refractivity contribution in [1.29, 1.82) is 0 Å². The van der Waals surface area contributed by atoms with Gasteiger partial charge < -0.3 is 29.2 Å². The zero-order chi connectivity index (χ0) is 17.4. The molecular formula is C16H24O7. The van der Waals surface area contributed by atoms with E-state index in [0.717, 1.165) is 25.7 Å². The number of carboxylic acids is 1. The largest absolute Gasteiger partial charge is 0.503 e. The first-order valence-electron chi connectivity index (χ1n) is 7.44. The Hall–Kier alpha value is -2.31. The highest BCUT2D eigenvalue weighted by molar-refractivity contribution is 5.97. The highest BCUT2D eigenvalue weighted by atomic mass is 16.6. The monoisotopic (exact) mass is 328 g/mol. The average molecular weight is 328 g/mol. The highest BCUT2D eigenvalue weighted by Crippen LogP contribution is 2.53. The molecule has 0 radical (unpaired) electrons. The van der Waals surface area contributed by atoms with Crippen LogP contribution in [0, 0.1) is 0 Å². The third-order valence-electron chi connectivity index (χ3n) is 3.37. The molecule has 0 bridgehead atoms. The third-order valence-corrected chi connectivity index (χ3v) is 3.37. The predicted molar refractivity (Wildman–Crippen MR) is 84.4 cm³/mol. The molecule has 7 nitrogen and oxygen atoms in total. The second-order valence-corrected chi connectivity index (χ2v) is 4.87. The third kappa shape index (κ3) is 4.12. The van der Waals surface area contributed by atoms with Gasteiger partial charge in [-0.3, -0.25) is 0 Å². The number of hydrogen-bond acceptors (Lipinski definition) is 6. The zero-order valence-electron chi connectivity index (χ0n) is 14.0. The number of carboxylic acid groups (broad SMARTS) is 1. The molecule has 0 fully saturated rings. The second kappa shape index (κ2) is 8.97. The lowest BCUT2D eigenvalue weighted by molar-refractivity contribution is 0.0687. The molecule has 1 rings (SSSR count). The topological polar surface area (TPSA) is 94.5 Å². The van der Waals surface area contributed by atoms with Gasteiger partial charge in [0.05, 0.1) is 27.9 Å². The fourth-order valence-corrected chi connectivity index (χ4v) is 2.25. The zero-order valence-corrected chi connectivity index (χ0v) is 14.0. The molecule has 1 aromatic rings. The maximum absolute atomic E-state index is 11.4. The summed E-state index contributed by atoms with van der Waals surface area (Å²) in [6, 6.07) is 0. The fourth-order valence-electron chi connectivity index (χ4n) is 2.25. The number of aromatic carboxylic acids is 1. The molecule has 2 N–H and O–H groups in total. The van der Waals surface area contributed by atoms with Crippen LogP contribution in [0.2, 0.25) is 0 Å². The van der Waals surface area contributed by atoms with Crippen LogP contribution in [0.4, 0.5) is 0 Å². The maximum atomic E-state index is 11.4. The van der Waals surface area contributed by atoms with Crippen molar-refractivity contribution in [1.82, 2.24) is 0 Å². The van der Waals surface area contributed by atoms with E-state index in [4.69, 9.17) is 18.9 Å². The molecule has 7 heteroatoms. The molecule has 1 aromatic carbocycles.